The maximum atomic E-state index is 5.90. The highest BCUT2D eigenvalue weighted by Crippen LogP contribution is 2.32. The Morgan fingerprint density at radius 2 is 2.00 bits per heavy atom. The summed E-state index contributed by atoms with van der Waals surface area (Å²) >= 11 is 0. The minimum Gasteiger partial charge on any atom is -0.496 e. The molecule has 84 valence electrons. The summed E-state index contributed by atoms with van der Waals surface area (Å²) in [5.41, 5.74) is 6.84. The molecule has 0 saturated carbocycles. The van der Waals surface area contributed by atoms with Crippen molar-refractivity contribution in [3.63, 3.8) is 0 Å². The first-order valence-electron chi connectivity index (χ1n) is 5.26. The fourth-order valence-corrected chi connectivity index (χ4v) is 1.49. The number of hydrogen-bond donors (Lipinski definition) is 1. The lowest BCUT2D eigenvalue weighted by Crippen LogP contribution is -2.10. The molecule has 1 aromatic rings. The number of hydrogen-bond acceptors (Lipinski definition) is 3. The Morgan fingerprint density at radius 3 is 2.53 bits per heavy atom. The normalized spacial score (nSPS) is 12.3. The van der Waals surface area contributed by atoms with E-state index in [0.29, 0.717) is 6.61 Å². The summed E-state index contributed by atoms with van der Waals surface area (Å²) in [5, 5.41) is 0. The largest absolute Gasteiger partial charge is 0.496 e. The molecular formula is C12H19NO2. The molecule has 0 aliphatic carbocycles. The van der Waals surface area contributed by atoms with Gasteiger partial charge in [-0.2, -0.15) is 0 Å². The highest BCUT2D eigenvalue weighted by Gasteiger charge is 2.13. The number of benzene rings is 1. The van der Waals surface area contributed by atoms with E-state index in [0.717, 1.165) is 23.5 Å². The molecule has 3 nitrogen and oxygen atoms in total. The van der Waals surface area contributed by atoms with E-state index in [1.54, 1.807) is 7.11 Å². The number of ether oxygens (including phenoxy) is 2. The first-order chi connectivity index (χ1) is 7.20. The molecule has 0 aliphatic heterocycles. The van der Waals surface area contributed by atoms with Gasteiger partial charge in [-0.05, 0) is 25.5 Å². The van der Waals surface area contributed by atoms with Crippen LogP contribution in [-0.2, 0) is 0 Å². The Morgan fingerprint density at radius 1 is 1.33 bits per heavy atom. The molecule has 0 bridgehead atoms. The molecule has 1 aromatic carbocycles. The Labute approximate surface area is 91.2 Å². The average Bonchev–Trinajstić information content (AvgIpc) is 2.25. The molecule has 0 amide bonds. The van der Waals surface area contributed by atoms with Crippen LogP contribution in [0, 0.1) is 0 Å². The third-order valence-corrected chi connectivity index (χ3v) is 2.16. The molecule has 0 fully saturated rings. The van der Waals surface area contributed by atoms with Crippen LogP contribution in [0.25, 0.3) is 0 Å². The minimum absolute atomic E-state index is 0.0898. The zero-order valence-electron chi connectivity index (χ0n) is 9.62. The van der Waals surface area contributed by atoms with E-state index in [4.69, 9.17) is 15.2 Å². The molecule has 15 heavy (non-hydrogen) atoms. The maximum absolute atomic E-state index is 5.90. The van der Waals surface area contributed by atoms with Gasteiger partial charge in [0.05, 0.1) is 19.3 Å². The van der Waals surface area contributed by atoms with Crippen LogP contribution in [0.3, 0.4) is 0 Å². The Balaban J connectivity index is 3.02. The second-order valence-corrected chi connectivity index (χ2v) is 3.51. The summed E-state index contributed by atoms with van der Waals surface area (Å²) in [4.78, 5) is 0. The Kier molecular flexibility index (Phi) is 4.43. The topological polar surface area (TPSA) is 44.5 Å². The van der Waals surface area contributed by atoms with Crippen molar-refractivity contribution in [2.24, 2.45) is 5.73 Å². The fourth-order valence-electron chi connectivity index (χ4n) is 1.49. The summed E-state index contributed by atoms with van der Waals surface area (Å²) in [7, 11) is 1.64. The zero-order valence-corrected chi connectivity index (χ0v) is 9.62. The molecule has 0 radical (unpaired) electrons. The van der Waals surface area contributed by atoms with Crippen LogP contribution >= 0.6 is 0 Å². The number of rotatable bonds is 5. The van der Waals surface area contributed by atoms with Crippen molar-refractivity contribution in [3.05, 3.63) is 23.8 Å². The van der Waals surface area contributed by atoms with Gasteiger partial charge in [-0.15, -0.1) is 0 Å². The molecular weight excluding hydrogens is 190 g/mol. The molecule has 0 aromatic heterocycles. The van der Waals surface area contributed by atoms with Gasteiger partial charge in [0.2, 0.25) is 0 Å². The van der Waals surface area contributed by atoms with Gasteiger partial charge in [-0.25, -0.2) is 0 Å². The van der Waals surface area contributed by atoms with Crippen LogP contribution in [0.5, 0.6) is 11.5 Å². The Hall–Kier alpha value is -1.22. The predicted octanol–water partition coefficient (Wildman–Crippen LogP) is 2.50. The minimum atomic E-state index is -0.0898. The van der Waals surface area contributed by atoms with E-state index in [1.165, 1.54) is 0 Å². The maximum Gasteiger partial charge on any atom is 0.127 e. The van der Waals surface area contributed by atoms with Gasteiger partial charge in [-0.1, -0.05) is 13.0 Å². The predicted molar refractivity (Wildman–Crippen MR) is 61.4 cm³/mol. The molecule has 0 saturated heterocycles. The van der Waals surface area contributed by atoms with Gasteiger partial charge in [0.1, 0.15) is 11.5 Å². The van der Waals surface area contributed by atoms with Crippen LogP contribution in [0.4, 0.5) is 0 Å². The van der Waals surface area contributed by atoms with Gasteiger partial charge in [-0.3, -0.25) is 0 Å². The molecule has 0 spiro atoms. The van der Waals surface area contributed by atoms with E-state index in [9.17, 15) is 0 Å². The van der Waals surface area contributed by atoms with Crippen molar-refractivity contribution in [2.75, 3.05) is 13.7 Å². The summed E-state index contributed by atoms with van der Waals surface area (Å²) < 4.78 is 10.9. The highest BCUT2D eigenvalue weighted by molar-refractivity contribution is 5.46. The van der Waals surface area contributed by atoms with Crippen LogP contribution in [0.1, 0.15) is 31.9 Å². The molecule has 2 N–H and O–H groups in total. The first-order valence-corrected chi connectivity index (χ1v) is 5.26. The van der Waals surface area contributed by atoms with Crippen molar-refractivity contribution in [2.45, 2.75) is 26.3 Å². The summed E-state index contributed by atoms with van der Waals surface area (Å²) in [6, 6.07) is 5.65. The van der Waals surface area contributed by atoms with Crippen molar-refractivity contribution in [1.29, 1.82) is 0 Å². The lowest BCUT2D eigenvalue weighted by molar-refractivity contribution is 0.308. The molecule has 0 aliphatic rings. The summed E-state index contributed by atoms with van der Waals surface area (Å²) in [6.07, 6.45) is 0.982. The van der Waals surface area contributed by atoms with Crippen molar-refractivity contribution in [3.8, 4) is 11.5 Å². The van der Waals surface area contributed by atoms with E-state index < -0.39 is 0 Å². The van der Waals surface area contributed by atoms with Gasteiger partial charge in [0.15, 0.2) is 0 Å². The van der Waals surface area contributed by atoms with E-state index >= 15 is 0 Å². The lowest BCUT2D eigenvalue weighted by Gasteiger charge is -2.16. The lowest BCUT2D eigenvalue weighted by atomic mass is 10.1. The summed E-state index contributed by atoms with van der Waals surface area (Å²) in [6.45, 7) is 4.70. The quantitative estimate of drug-likeness (QED) is 0.810. The van der Waals surface area contributed by atoms with E-state index in [2.05, 4.69) is 6.92 Å². The molecule has 0 unspecified atom stereocenters. The van der Waals surface area contributed by atoms with Crippen LogP contribution in [-0.4, -0.2) is 13.7 Å². The van der Waals surface area contributed by atoms with Gasteiger partial charge >= 0.3 is 0 Å². The van der Waals surface area contributed by atoms with E-state index in [-0.39, 0.29) is 6.04 Å². The highest BCUT2D eigenvalue weighted by atomic mass is 16.5. The standard InChI is InChI=1S/C12H19NO2/c1-4-8-15-11-7-5-6-10(14-3)12(11)9(2)13/h5-7,9H,4,8,13H2,1-3H3/t9-/m1/s1. The van der Waals surface area contributed by atoms with Crippen molar-refractivity contribution >= 4 is 0 Å². The third-order valence-electron chi connectivity index (χ3n) is 2.16. The van der Waals surface area contributed by atoms with Crippen molar-refractivity contribution in [1.82, 2.24) is 0 Å². The second-order valence-electron chi connectivity index (χ2n) is 3.51. The van der Waals surface area contributed by atoms with Crippen LogP contribution < -0.4 is 15.2 Å². The van der Waals surface area contributed by atoms with E-state index in [1.807, 2.05) is 25.1 Å². The monoisotopic (exact) mass is 209 g/mol. The summed E-state index contributed by atoms with van der Waals surface area (Å²) in [5.74, 6) is 1.62. The van der Waals surface area contributed by atoms with Crippen LogP contribution in [0.15, 0.2) is 18.2 Å². The van der Waals surface area contributed by atoms with Crippen molar-refractivity contribution < 1.29 is 9.47 Å². The van der Waals surface area contributed by atoms with Crippen LogP contribution in [0.2, 0.25) is 0 Å². The zero-order chi connectivity index (χ0) is 11.3. The second kappa shape index (κ2) is 5.61. The molecule has 3 heteroatoms. The molecule has 1 atom stereocenters. The molecule has 0 heterocycles. The van der Waals surface area contributed by atoms with Gasteiger partial charge in [0.25, 0.3) is 0 Å². The fraction of sp³-hybridized carbons (Fsp3) is 0.500. The molecule has 1 rings (SSSR count). The average molecular weight is 209 g/mol. The van der Waals surface area contributed by atoms with Gasteiger partial charge in [0, 0.05) is 6.04 Å². The van der Waals surface area contributed by atoms with Gasteiger partial charge < -0.3 is 15.2 Å². The third kappa shape index (κ3) is 2.86. The SMILES string of the molecule is CCCOc1cccc(OC)c1[C@@H](C)N. The first kappa shape index (κ1) is 11.9. The number of nitrogens with two attached hydrogens (primary N) is 1. The Bertz CT molecular complexity index is 310. The smallest absolute Gasteiger partial charge is 0.127 e. The number of methoxy groups -OCH3 is 1.